The van der Waals surface area contributed by atoms with E-state index in [1.807, 2.05) is 0 Å². The van der Waals surface area contributed by atoms with Crippen molar-refractivity contribution in [3.63, 3.8) is 0 Å². The van der Waals surface area contributed by atoms with E-state index < -0.39 is 0 Å². The molecule has 2 rings (SSSR count). The van der Waals surface area contributed by atoms with E-state index in [1.54, 1.807) is 0 Å². The van der Waals surface area contributed by atoms with Crippen molar-refractivity contribution >= 4 is 0 Å². The zero-order valence-electron chi connectivity index (χ0n) is 6.31. The van der Waals surface area contributed by atoms with E-state index in [0.29, 0.717) is 0 Å². The highest BCUT2D eigenvalue weighted by Crippen LogP contribution is 2.26. The molecule has 0 aromatic rings. The maximum Gasteiger partial charge on any atom is 0.0498 e. The maximum atomic E-state index is 5.34. The Kier molecular flexibility index (Phi) is 1.91. The Morgan fingerprint density at radius 1 is 1.20 bits per heavy atom. The van der Waals surface area contributed by atoms with Crippen molar-refractivity contribution in [2.24, 2.45) is 11.8 Å². The van der Waals surface area contributed by atoms with E-state index >= 15 is 0 Å². The molecule has 2 aliphatic heterocycles. The molecule has 2 aliphatic rings. The Hall–Kier alpha value is -0.0800. The van der Waals surface area contributed by atoms with Crippen LogP contribution in [0.2, 0.25) is 0 Å². The minimum atomic E-state index is 0.870. The summed E-state index contributed by atoms with van der Waals surface area (Å²) in [5.41, 5.74) is 0. The fourth-order valence-electron chi connectivity index (χ4n) is 2.00. The summed E-state index contributed by atoms with van der Waals surface area (Å²) in [6.07, 6.45) is 2.67. The summed E-state index contributed by atoms with van der Waals surface area (Å²) in [6, 6.07) is 0. The Bertz CT molecular complexity index is 89.8. The van der Waals surface area contributed by atoms with Gasteiger partial charge in [0.2, 0.25) is 0 Å². The van der Waals surface area contributed by atoms with E-state index in [2.05, 4.69) is 5.32 Å². The van der Waals surface area contributed by atoms with Gasteiger partial charge in [0.05, 0.1) is 0 Å². The number of hydrogen-bond donors (Lipinski definition) is 1. The Labute approximate surface area is 61.9 Å². The fraction of sp³-hybridized carbons (Fsp3) is 1.00. The molecule has 1 N–H and O–H groups in total. The highest BCUT2D eigenvalue weighted by Gasteiger charge is 2.27. The van der Waals surface area contributed by atoms with Crippen LogP contribution in [0.4, 0.5) is 0 Å². The molecule has 58 valence electrons. The standard InChI is InChI=1S/C8H15NO/c1-3-9-5-7(1)8-2-4-10-6-8/h7-9H,1-6H2. The zero-order valence-corrected chi connectivity index (χ0v) is 6.31. The summed E-state index contributed by atoms with van der Waals surface area (Å²) in [4.78, 5) is 0. The molecule has 2 heteroatoms. The van der Waals surface area contributed by atoms with Gasteiger partial charge in [0.25, 0.3) is 0 Å². The number of nitrogens with one attached hydrogen (secondary N) is 1. The average molecular weight is 141 g/mol. The first-order valence-corrected chi connectivity index (χ1v) is 4.25. The molecular formula is C8H15NO. The second-order valence-corrected chi connectivity index (χ2v) is 3.38. The van der Waals surface area contributed by atoms with Crippen molar-refractivity contribution in [3.8, 4) is 0 Å². The summed E-state index contributed by atoms with van der Waals surface area (Å²) in [5, 5.41) is 3.39. The number of rotatable bonds is 1. The largest absolute Gasteiger partial charge is 0.381 e. The molecule has 0 amide bonds. The Morgan fingerprint density at radius 2 is 2.20 bits per heavy atom. The van der Waals surface area contributed by atoms with Crippen LogP contribution in [0.1, 0.15) is 12.8 Å². The van der Waals surface area contributed by atoms with Crippen molar-refractivity contribution < 1.29 is 4.74 Å². The third kappa shape index (κ3) is 1.18. The average Bonchev–Trinajstić information content (AvgIpc) is 2.59. The van der Waals surface area contributed by atoms with Gasteiger partial charge in [0, 0.05) is 13.2 Å². The van der Waals surface area contributed by atoms with E-state index in [-0.39, 0.29) is 0 Å². The first kappa shape index (κ1) is 6.62. The molecule has 0 spiro atoms. The predicted octanol–water partition coefficient (Wildman–Crippen LogP) is 0.632. The molecular weight excluding hydrogens is 126 g/mol. The monoisotopic (exact) mass is 141 g/mol. The van der Waals surface area contributed by atoms with Gasteiger partial charge in [0.1, 0.15) is 0 Å². The van der Waals surface area contributed by atoms with Crippen LogP contribution in [0, 0.1) is 11.8 Å². The molecule has 0 bridgehead atoms. The fourth-order valence-corrected chi connectivity index (χ4v) is 2.00. The van der Waals surface area contributed by atoms with E-state index in [0.717, 1.165) is 25.0 Å². The van der Waals surface area contributed by atoms with Gasteiger partial charge in [0.15, 0.2) is 0 Å². The summed E-state index contributed by atoms with van der Waals surface area (Å²) in [7, 11) is 0. The van der Waals surface area contributed by atoms with Crippen LogP contribution in [-0.4, -0.2) is 26.3 Å². The molecule has 2 saturated heterocycles. The van der Waals surface area contributed by atoms with E-state index in [9.17, 15) is 0 Å². The third-order valence-corrected chi connectivity index (χ3v) is 2.73. The van der Waals surface area contributed by atoms with Crippen molar-refractivity contribution in [2.45, 2.75) is 12.8 Å². The second kappa shape index (κ2) is 2.89. The van der Waals surface area contributed by atoms with Gasteiger partial charge in [-0.15, -0.1) is 0 Å². The van der Waals surface area contributed by atoms with Crippen LogP contribution in [0.5, 0.6) is 0 Å². The zero-order chi connectivity index (χ0) is 6.81. The van der Waals surface area contributed by atoms with Gasteiger partial charge < -0.3 is 10.1 Å². The summed E-state index contributed by atoms with van der Waals surface area (Å²) in [6.45, 7) is 4.47. The van der Waals surface area contributed by atoms with E-state index in [4.69, 9.17) is 4.74 Å². The molecule has 2 fully saturated rings. The minimum Gasteiger partial charge on any atom is -0.381 e. The molecule has 0 aliphatic carbocycles. The minimum absolute atomic E-state index is 0.870. The van der Waals surface area contributed by atoms with Crippen LogP contribution in [-0.2, 0) is 4.74 Å². The molecule has 0 saturated carbocycles. The van der Waals surface area contributed by atoms with Gasteiger partial charge in [-0.2, -0.15) is 0 Å². The quantitative estimate of drug-likeness (QED) is 0.578. The molecule has 10 heavy (non-hydrogen) atoms. The summed E-state index contributed by atoms with van der Waals surface area (Å²) >= 11 is 0. The van der Waals surface area contributed by atoms with Crippen LogP contribution in [0.25, 0.3) is 0 Å². The molecule has 0 aromatic heterocycles. The third-order valence-electron chi connectivity index (χ3n) is 2.73. The lowest BCUT2D eigenvalue weighted by atomic mass is 9.91. The smallest absolute Gasteiger partial charge is 0.0498 e. The van der Waals surface area contributed by atoms with Gasteiger partial charge in [-0.1, -0.05) is 0 Å². The first-order chi connectivity index (χ1) is 4.97. The second-order valence-electron chi connectivity index (χ2n) is 3.38. The van der Waals surface area contributed by atoms with Gasteiger partial charge in [-0.25, -0.2) is 0 Å². The lowest BCUT2D eigenvalue weighted by Crippen LogP contribution is -2.17. The highest BCUT2D eigenvalue weighted by atomic mass is 16.5. The first-order valence-electron chi connectivity index (χ1n) is 4.25. The Morgan fingerprint density at radius 3 is 2.80 bits per heavy atom. The topological polar surface area (TPSA) is 21.3 Å². The van der Waals surface area contributed by atoms with Crippen molar-refractivity contribution in [1.82, 2.24) is 5.32 Å². The molecule has 2 heterocycles. The molecule has 2 atom stereocenters. The number of hydrogen-bond acceptors (Lipinski definition) is 2. The van der Waals surface area contributed by atoms with Gasteiger partial charge >= 0.3 is 0 Å². The van der Waals surface area contributed by atoms with Crippen molar-refractivity contribution in [2.75, 3.05) is 26.3 Å². The predicted molar refractivity (Wildman–Crippen MR) is 39.9 cm³/mol. The summed E-state index contributed by atoms with van der Waals surface area (Å²) < 4.78 is 5.34. The maximum absolute atomic E-state index is 5.34. The van der Waals surface area contributed by atoms with Crippen LogP contribution in [0.15, 0.2) is 0 Å². The lowest BCUT2D eigenvalue weighted by molar-refractivity contribution is 0.174. The molecule has 2 nitrogen and oxygen atoms in total. The Balaban J connectivity index is 1.85. The lowest BCUT2D eigenvalue weighted by Gasteiger charge is -2.13. The van der Waals surface area contributed by atoms with Crippen LogP contribution in [0.3, 0.4) is 0 Å². The highest BCUT2D eigenvalue weighted by molar-refractivity contribution is 4.80. The van der Waals surface area contributed by atoms with Gasteiger partial charge in [-0.3, -0.25) is 0 Å². The normalized spacial score (nSPS) is 40.8. The van der Waals surface area contributed by atoms with Crippen LogP contribution < -0.4 is 5.32 Å². The SMILES string of the molecule is C1CC(C2CCOC2)CN1. The van der Waals surface area contributed by atoms with Crippen molar-refractivity contribution in [3.05, 3.63) is 0 Å². The number of ether oxygens (including phenoxy) is 1. The van der Waals surface area contributed by atoms with E-state index in [1.165, 1.54) is 25.9 Å². The van der Waals surface area contributed by atoms with Gasteiger partial charge in [-0.05, 0) is 37.8 Å². The molecule has 0 aromatic carbocycles. The van der Waals surface area contributed by atoms with Crippen LogP contribution >= 0.6 is 0 Å². The van der Waals surface area contributed by atoms with Crippen molar-refractivity contribution in [1.29, 1.82) is 0 Å². The molecule has 2 unspecified atom stereocenters. The summed E-state index contributed by atoms with van der Waals surface area (Å²) in [5.74, 6) is 1.79. The molecule has 0 radical (unpaired) electrons.